The highest BCUT2D eigenvalue weighted by Crippen LogP contribution is 2.19. The van der Waals surface area contributed by atoms with Crippen molar-refractivity contribution < 1.29 is 9.53 Å². The highest BCUT2D eigenvalue weighted by molar-refractivity contribution is 9.11. The molecule has 0 radical (unpaired) electrons. The summed E-state index contributed by atoms with van der Waals surface area (Å²) in [6, 6.07) is 5.44. The van der Waals surface area contributed by atoms with Gasteiger partial charge in [-0.2, -0.15) is 0 Å². The second kappa shape index (κ2) is 8.45. The van der Waals surface area contributed by atoms with Crippen molar-refractivity contribution in [3.05, 3.63) is 45.4 Å². The average molecular weight is 377 g/mol. The van der Waals surface area contributed by atoms with E-state index in [0.29, 0.717) is 25.3 Å². The molecule has 0 spiro atoms. The van der Waals surface area contributed by atoms with Crippen LogP contribution in [-0.2, 0) is 4.74 Å². The third kappa shape index (κ3) is 5.80. The van der Waals surface area contributed by atoms with E-state index in [9.17, 15) is 4.79 Å². The minimum atomic E-state index is -0.107. The van der Waals surface area contributed by atoms with E-state index in [1.54, 1.807) is 18.2 Å². The Morgan fingerprint density at radius 2 is 1.94 bits per heavy atom. The molecule has 1 amide bonds. The smallest absolute Gasteiger partial charge is 0.251 e. The zero-order chi connectivity index (χ0) is 13.4. The molecule has 0 aliphatic carbocycles. The Morgan fingerprint density at radius 1 is 1.28 bits per heavy atom. The van der Waals surface area contributed by atoms with E-state index < -0.39 is 0 Å². The van der Waals surface area contributed by atoms with Gasteiger partial charge in [0.2, 0.25) is 0 Å². The highest BCUT2D eigenvalue weighted by Gasteiger charge is 2.06. The number of halogens is 2. The van der Waals surface area contributed by atoms with Crippen molar-refractivity contribution in [2.75, 3.05) is 19.8 Å². The maximum absolute atomic E-state index is 11.8. The van der Waals surface area contributed by atoms with E-state index in [2.05, 4.69) is 43.8 Å². The zero-order valence-corrected chi connectivity index (χ0v) is 13.1. The van der Waals surface area contributed by atoms with Crippen LogP contribution >= 0.6 is 31.9 Å². The predicted octanol–water partition coefficient (Wildman–Crippen LogP) is 3.53. The molecule has 0 aliphatic heterocycles. The Morgan fingerprint density at radius 3 is 2.56 bits per heavy atom. The largest absolute Gasteiger partial charge is 0.379 e. The van der Waals surface area contributed by atoms with Crippen molar-refractivity contribution in [2.45, 2.75) is 6.42 Å². The predicted molar refractivity (Wildman–Crippen MR) is 79.8 cm³/mol. The molecular weight excluding hydrogens is 362 g/mol. The number of ether oxygens (including phenoxy) is 1. The van der Waals surface area contributed by atoms with Gasteiger partial charge in [-0.15, -0.1) is 6.58 Å². The minimum absolute atomic E-state index is 0.107. The number of carbonyl (C=O) groups is 1. The number of hydrogen-bond donors (Lipinski definition) is 1. The SMILES string of the molecule is C=CCCOCCNC(=O)c1cc(Br)cc(Br)c1. The molecule has 0 saturated heterocycles. The average Bonchev–Trinajstić information content (AvgIpc) is 2.32. The van der Waals surface area contributed by atoms with Gasteiger partial charge in [0.05, 0.1) is 13.2 Å². The number of amides is 1. The summed E-state index contributed by atoms with van der Waals surface area (Å²) in [4.78, 5) is 11.8. The lowest BCUT2D eigenvalue weighted by Gasteiger charge is -2.06. The van der Waals surface area contributed by atoms with Crippen LogP contribution in [0.4, 0.5) is 0 Å². The summed E-state index contributed by atoms with van der Waals surface area (Å²) < 4.78 is 7.03. The van der Waals surface area contributed by atoms with E-state index in [4.69, 9.17) is 4.74 Å². The van der Waals surface area contributed by atoms with E-state index in [1.807, 2.05) is 6.07 Å². The number of carbonyl (C=O) groups excluding carboxylic acids is 1. The Kier molecular flexibility index (Phi) is 7.23. The molecule has 98 valence electrons. The van der Waals surface area contributed by atoms with Crippen molar-refractivity contribution in [3.8, 4) is 0 Å². The van der Waals surface area contributed by atoms with Crippen LogP contribution in [0.5, 0.6) is 0 Å². The molecule has 18 heavy (non-hydrogen) atoms. The van der Waals surface area contributed by atoms with Gasteiger partial charge in [-0.25, -0.2) is 0 Å². The molecule has 0 saturated carbocycles. The van der Waals surface area contributed by atoms with E-state index in [1.165, 1.54) is 0 Å². The molecule has 0 unspecified atom stereocenters. The van der Waals surface area contributed by atoms with E-state index in [-0.39, 0.29) is 5.91 Å². The van der Waals surface area contributed by atoms with E-state index in [0.717, 1.165) is 15.4 Å². The maximum atomic E-state index is 11.8. The monoisotopic (exact) mass is 375 g/mol. The van der Waals surface area contributed by atoms with Crippen LogP contribution in [0.2, 0.25) is 0 Å². The highest BCUT2D eigenvalue weighted by atomic mass is 79.9. The topological polar surface area (TPSA) is 38.3 Å². The molecule has 0 bridgehead atoms. The van der Waals surface area contributed by atoms with Gasteiger partial charge in [0.15, 0.2) is 0 Å². The van der Waals surface area contributed by atoms with Crippen LogP contribution in [0.15, 0.2) is 39.8 Å². The Bertz CT molecular complexity index is 401. The van der Waals surface area contributed by atoms with Crippen LogP contribution in [-0.4, -0.2) is 25.7 Å². The first-order valence-electron chi connectivity index (χ1n) is 5.56. The molecule has 1 aromatic rings. The van der Waals surface area contributed by atoms with Gasteiger partial charge in [-0.3, -0.25) is 4.79 Å². The summed E-state index contributed by atoms with van der Waals surface area (Å²) >= 11 is 6.69. The normalized spacial score (nSPS) is 10.1. The van der Waals surface area contributed by atoms with Gasteiger partial charge in [0.25, 0.3) is 5.91 Å². The molecular formula is C13H15Br2NO2. The zero-order valence-electron chi connectivity index (χ0n) is 9.92. The van der Waals surface area contributed by atoms with Gasteiger partial charge < -0.3 is 10.1 Å². The second-order valence-electron chi connectivity index (χ2n) is 3.60. The lowest BCUT2D eigenvalue weighted by atomic mass is 10.2. The summed E-state index contributed by atoms with van der Waals surface area (Å²) in [7, 11) is 0. The lowest BCUT2D eigenvalue weighted by molar-refractivity contribution is 0.0918. The van der Waals surface area contributed by atoms with Crippen LogP contribution in [0.3, 0.4) is 0 Å². The molecule has 0 fully saturated rings. The molecule has 0 aromatic heterocycles. The maximum Gasteiger partial charge on any atom is 0.251 e. The number of rotatable bonds is 7. The fourth-order valence-electron chi connectivity index (χ4n) is 1.29. The minimum Gasteiger partial charge on any atom is -0.379 e. The molecule has 1 rings (SSSR count). The number of nitrogens with one attached hydrogen (secondary N) is 1. The third-order valence-electron chi connectivity index (χ3n) is 2.12. The van der Waals surface area contributed by atoms with E-state index >= 15 is 0 Å². The Labute approximate surface area is 124 Å². The van der Waals surface area contributed by atoms with Gasteiger partial charge in [-0.05, 0) is 24.6 Å². The summed E-state index contributed by atoms with van der Waals surface area (Å²) in [6.45, 7) is 5.25. The second-order valence-corrected chi connectivity index (χ2v) is 5.44. The lowest BCUT2D eigenvalue weighted by Crippen LogP contribution is -2.27. The molecule has 0 aliphatic rings. The summed E-state index contributed by atoms with van der Waals surface area (Å²) in [5.74, 6) is -0.107. The van der Waals surface area contributed by atoms with Crippen molar-refractivity contribution in [1.82, 2.24) is 5.32 Å². The molecule has 5 heteroatoms. The quantitative estimate of drug-likeness (QED) is 0.583. The molecule has 0 heterocycles. The fraction of sp³-hybridized carbons (Fsp3) is 0.308. The Hall–Kier alpha value is -0.650. The fourth-order valence-corrected chi connectivity index (χ4v) is 2.59. The summed E-state index contributed by atoms with van der Waals surface area (Å²) in [5.41, 5.74) is 0.613. The first-order chi connectivity index (χ1) is 8.63. The van der Waals surface area contributed by atoms with Crippen LogP contribution < -0.4 is 5.32 Å². The van der Waals surface area contributed by atoms with Crippen LogP contribution in [0.25, 0.3) is 0 Å². The van der Waals surface area contributed by atoms with Crippen molar-refractivity contribution in [1.29, 1.82) is 0 Å². The van der Waals surface area contributed by atoms with Crippen molar-refractivity contribution >= 4 is 37.8 Å². The number of benzene rings is 1. The molecule has 1 aromatic carbocycles. The molecule has 1 N–H and O–H groups in total. The van der Waals surface area contributed by atoms with Gasteiger partial charge in [0, 0.05) is 21.1 Å². The standard InChI is InChI=1S/C13H15Br2NO2/c1-2-3-5-18-6-4-16-13(17)10-7-11(14)9-12(15)8-10/h2,7-9H,1,3-6H2,(H,16,17). The van der Waals surface area contributed by atoms with Gasteiger partial charge in [0.1, 0.15) is 0 Å². The summed E-state index contributed by atoms with van der Waals surface area (Å²) in [5, 5.41) is 2.80. The molecule has 0 atom stereocenters. The van der Waals surface area contributed by atoms with Gasteiger partial charge in [-0.1, -0.05) is 37.9 Å². The number of hydrogen-bond acceptors (Lipinski definition) is 2. The first-order valence-corrected chi connectivity index (χ1v) is 7.15. The van der Waals surface area contributed by atoms with Crippen LogP contribution in [0, 0.1) is 0 Å². The van der Waals surface area contributed by atoms with Crippen molar-refractivity contribution in [3.63, 3.8) is 0 Å². The van der Waals surface area contributed by atoms with Crippen LogP contribution in [0.1, 0.15) is 16.8 Å². The van der Waals surface area contributed by atoms with Gasteiger partial charge >= 0.3 is 0 Å². The Balaban J connectivity index is 2.34. The first kappa shape index (κ1) is 15.4. The summed E-state index contributed by atoms with van der Waals surface area (Å²) in [6.07, 6.45) is 2.63. The molecule has 3 nitrogen and oxygen atoms in total. The van der Waals surface area contributed by atoms with Crippen molar-refractivity contribution in [2.24, 2.45) is 0 Å². The third-order valence-corrected chi connectivity index (χ3v) is 3.04.